The van der Waals surface area contributed by atoms with Crippen LogP contribution in [0.5, 0.6) is 0 Å². The zero-order valence-corrected chi connectivity index (χ0v) is 8.72. The zero-order valence-electron chi connectivity index (χ0n) is 7.96. The Bertz CT molecular complexity index is 353. The molecule has 1 aliphatic carbocycles. The third kappa shape index (κ3) is 1.78. The molecular weight excluding hydrogens is 198 g/mol. The molecule has 1 aromatic rings. The SMILES string of the molecule is NCC1(O)CCc2ccc(Cl)cc2C1. The molecule has 1 aromatic carbocycles. The molecule has 1 aliphatic rings. The van der Waals surface area contributed by atoms with E-state index >= 15 is 0 Å². The van der Waals surface area contributed by atoms with E-state index in [1.165, 1.54) is 5.56 Å². The van der Waals surface area contributed by atoms with Crippen LogP contribution in [0.15, 0.2) is 18.2 Å². The molecule has 0 bridgehead atoms. The highest BCUT2D eigenvalue weighted by Crippen LogP contribution is 2.29. The number of aryl methyl sites for hydroxylation is 1. The molecule has 1 unspecified atom stereocenters. The van der Waals surface area contributed by atoms with Gasteiger partial charge in [-0.05, 0) is 36.1 Å². The summed E-state index contributed by atoms with van der Waals surface area (Å²) in [6, 6.07) is 5.86. The number of nitrogens with two attached hydrogens (primary N) is 1. The van der Waals surface area contributed by atoms with Crippen molar-refractivity contribution in [2.75, 3.05) is 6.54 Å². The van der Waals surface area contributed by atoms with E-state index in [1.807, 2.05) is 18.2 Å². The summed E-state index contributed by atoms with van der Waals surface area (Å²) in [6.45, 7) is 0.318. The summed E-state index contributed by atoms with van der Waals surface area (Å²) in [6.07, 6.45) is 2.26. The summed E-state index contributed by atoms with van der Waals surface area (Å²) in [5.41, 5.74) is 7.25. The lowest BCUT2D eigenvalue weighted by Gasteiger charge is -2.32. The Labute approximate surface area is 88.7 Å². The van der Waals surface area contributed by atoms with E-state index in [-0.39, 0.29) is 0 Å². The van der Waals surface area contributed by atoms with E-state index < -0.39 is 5.60 Å². The Kier molecular flexibility index (Phi) is 2.52. The van der Waals surface area contributed by atoms with Crippen molar-refractivity contribution in [3.8, 4) is 0 Å². The van der Waals surface area contributed by atoms with Crippen LogP contribution in [-0.2, 0) is 12.8 Å². The third-order valence-electron chi connectivity index (χ3n) is 2.93. The molecule has 0 heterocycles. The molecule has 1 atom stereocenters. The number of hydrogen-bond donors (Lipinski definition) is 2. The van der Waals surface area contributed by atoms with Crippen LogP contribution in [0, 0.1) is 0 Å². The first kappa shape index (κ1) is 9.97. The minimum Gasteiger partial charge on any atom is -0.388 e. The van der Waals surface area contributed by atoms with Crippen LogP contribution >= 0.6 is 11.6 Å². The van der Waals surface area contributed by atoms with Gasteiger partial charge in [-0.15, -0.1) is 0 Å². The van der Waals surface area contributed by atoms with Gasteiger partial charge in [0.2, 0.25) is 0 Å². The van der Waals surface area contributed by atoms with Crippen LogP contribution in [0.25, 0.3) is 0 Å². The standard InChI is InChI=1S/C11H14ClNO/c12-10-2-1-8-3-4-11(14,7-13)6-9(8)5-10/h1-2,5,14H,3-4,6-7,13H2. The maximum Gasteiger partial charge on any atom is 0.0812 e. The topological polar surface area (TPSA) is 46.2 Å². The molecular formula is C11H14ClNO. The molecule has 0 radical (unpaired) electrons. The Morgan fingerprint density at radius 2 is 2.21 bits per heavy atom. The molecule has 0 amide bonds. The van der Waals surface area contributed by atoms with Gasteiger partial charge in [0.1, 0.15) is 0 Å². The summed E-state index contributed by atoms with van der Waals surface area (Å²) >= 11 is 5.90. The minimum atomic E-state index is -0.725. The minimum absolute atomic E-state index is 0.318. The fraction of sp³-hybridized carbons (Fsp3) is 0.455. The third-order valence-corrected chi connectivity index (χ3v) is 3.16. The van der Waals surface area contributed by atoms with Gasteiger partial charge in [-0.3, -0.25) is 0 Å². The second-order valence-corrected chi connectivity index (χ2v) is 4.45. The van der Waals surface area contributed by atoms with Crippen LogP contribution in [-0.4, -0.2) is 17.3 Å². The highest BCUT2D eigenvalue weighted by atomic mass is 35.5. The molecule has 3 heteroatoms. The Hall–Kier alpha value is -0.570. The molecule has 3 N–H and O–H groups in total. The monoisotopic (exact) mass is 211 g/mol. The largest absolute Gasteiger partial charge is 0.388 e. The van der Waals surface area contributed by atoms with Gasteiger partial charge in [0, 0.05) is 18.0 Å². The van der Waals surface area contributed by atoms with Crippen molar-refractivity contribution in [1.29, 1.82) is 0 Å². The predicted molar refractivity (Wildman–Crippen MR) is 57.5 cm³/mol. The lowest BCUT2D eigenvalue weighted by Crippen LogP contribution is -2.42. The van der Waals surface area contributed by atoms with Crippen LogP contribution in [0.4, 0.5) is 0 Å². The Morgan fingerprint density at radius 1 is 1.43 bits per heavy atom. The summed E-state index contributed by atoms with van der Waals surface area (Å²) in [5.74, 6) is 0. The molecule has 0 fully saturated rings. The van der Waals surface area contributed by atoms with Crippen molar-refractivity contribution in [2.45, 2.75) is 24.9 Å². The lowest BCUT2D eigenvalue weighted by molar-refractivity contribution is 0.0353. The molecule has 14 heavy (non-hydrogen) atoms. The normalized spacial score (nSPS) is 25.9. The molecule has 0 aliphatic heterocycles. The van der Waals surface area contributed by atoms with Gasteiger partial charge >= 0.3 is 0 Å². The van der Waals surface area contributed by atoms with Crippen LogP contribution in [0.2, 0.25) is 5.02 Å². The maximum atomic E-state index is 10.0. The molecule has 0 saturated carbocycles. The van der Waals surface area contributed by atoms with E-state index in [0.717, 1.165) is 23.4 Å². The second-order valence-electron chi connectivity index (χ2n) is 4.02. The van der Waals surface area contributed by atoms with Gasteiger partial charge in [-0.1, -0.05) is 17.7 Å². The first-order chi connectivity index (χ1) is 6.63. The average molecular weight is 212 g/mol. The fourth-order valence-corrected chi connectivity index (χ4v) is 2.18. The van der Waals surface area contributed by atoms with E-state index in [9.17, 15) is 5.11 Å². The number of rotatable bonds is 1. The second kappa shape index (κ2) is 3.54. The summed E-state index contributed by atoms with van der Waals surface area (Å²) in [7, 11) is 0. The summed E-state index contributed by atoms with van der Waals surface area (Å²) in [4.78, 5) is 0. The molecule has 2 nitrogen and oxygen atoms in total. The smallest absolute Gasteiger partial charge is 0.0812 e. The molecule has 2 rings (SSSR count). The van der Waals surface area contributed by atoms with Crippen LogP contribution < -0.4 is 5.73 Å². The first-order valence-corrected chi connectivity index (χ1v) is 5.20. The average Bonchev–Trinajstić information content (AvgIpc) is 2.17. The zero-order chi connectivity index (χ0) is 10.2. The summed E-state index contributed by atoms with van der Waals surface area (Å²) in [5, 5.41) is 10.8. The van der Waals surface area contributed by atoms with Crippen molar-refractivity contribution >= 4 is 11.6 Å². The van der Waals surface area contributed by atoms with E-state index in [0.29, 0.717) is 13.0 Å². The van der Waals surface area contributed by atoms with Gasteiger partial charge in [0.15, 0.2) is 0 Å². The van der Waals surface area contributed by atoms with E-state index in [4.69, 9.17) is 17.3 Å². The van der Waals surface area contributed by atoms with Gasteiger partial charge < -0.3 is 10.8 Å². The number of halogens is 1. The lowest BCUT2D eigenvalue weighted by atomic mass is 9.80. The first-order valence-electron chi connectivity index (χ1n) is 4.83. The van der Waals surface area contributed by atoms with Gasteiger partial charge in [-0.25, -0.2) is 0 Å². The van der Waals surface area contributed by atoms with Crippen molar-refractivity contribution in [1.82, 2.24) is 0 Å². The summed E-state index contributed by atoms with van der Waals surface area (Å²) < 4.78 is 0. The number of aliphatic hydroxyl groups is 1. The van der Waals surface area contributed by atoms with Crippen molar-refractivity contribution < 1.29 is 5.11 Å². The van der Waals surface area contributed by atoms with Gasteiger partial charge in [0.05, 0.1) is 5.60 Å². The Morgan fingerprint density at radius 3 is 2.93 bits per heavy atom. The fourth-order valence-electron chi connectivity index (χ4n) is 1.99. The van der Waals surface area contributed by atoms with Crippen molar-refractivity contribution in [3.63, 3.8) is 0 Å². The number of benzene rings is 1. The number of hydrogen-bond acceptors (Lipinski definition) is 2. The molecule has 0 spiro atoms. The van der Waals surface area contributed by atoms with E-state index in [2.05, 4.69) is 0 Å². The number of fused-ring (bicyclic) bond motifs is 1. The van der Waals surface area contributed by atoms with Gasteiger partial charge in [-0.2, -0.15) is 0 Å². The van der Waals surface area contributed by atoms with Crippen LogP contribution in [0.1, 0.15) is 17.5 Å². The quantitative estimate of drug-likeness (QED) is 0.740. The maximum absolute atomic E-state index is 10.0. The van der Waals surface area contributed by atoms with Gasteiger partial charge in [0.25, 0.3) is 0 Å². The van der Waals surface area contributed by atoms with Crippen molar-refractivity contribution in [3.05, 3.63) is 34.3 Å². The highest BCUT2D eigenvalue weighted by Gasteiger charge is 2.30. The highest BCUT2D eigenvalue weighted by molar-refractivity contribution is 6.30. The predicted octanol–water partition coefficient (Wildman–Crippen LogP) is 1.52. The Balaban J connectivity index is 2.33. The molecule has 76 valence electrons. The van der Waals surface area contributed by atoms with Crippen LogP contribution in [0.3, 0.4) is 0 Å². The van der Waals surface area contributed by atoms with Crippen molar-refractivity contribution in [2.24, 2.45) is 5.73 Å². The van der Waals surface area contributed by atoms with E-state index in [1.54, 1.807) is 0 Å². The molecule has 0 aromatic heterocycles. The molecule has 0 saturated heterocycles.